The number of carbonyl (C=O) groups is 4. The number of aromatic nitrogens is 10. The molecule has 2 saturated heterocycles. The van der Waals surface area contributed by atoms with Gasteiger partial charge in [-0.25, -0.2) is 57.2 Å². The highest BCUT2D eigenvalue weighted by Gasteiger charge is 2.51. The Morgan fingerprint density at radius 3 is 1.22 bits per heavy atom. The van der Waals surface area contributed by atoms with E-state index < -0.39 is 106 Å². The lowest BCUT2D eigenvalue weighted by Gasteiger charge is -2.23. The molecule has 0 spiro atoms. The molecule has 12 rings (SSSR count). The van der Waals surface area contributed by atoms with Gasteiger partial charge in [0.2, 0.25) is 33.9 Å². The zero-order valence-corrected chi connectivity index (χ0v) is 67.3. The normalized spacial score (nSPS) is 20.1. The molecule has 4 aromatic carbocycles. The largest absolute Gasteiger partial charge is 0.756 e. The summed E-state index contributed by atoms with van der Waals surface area (Å²) in [4.78, 5) is 143. The molecule has 0 bridgehead atoms. The van der Waals surface area contributed by atoms with Crippen molar-refractivity contribution in [3.8, 4) is 0 Å². The van der Waals surface area contributed by atoms with Crippen molar-refractivity contribution in [1.29, 1.82) is 0 Å². The molecule has 2 fully saturated rings. The molecule has 0 aliphatic carbocycles. The predicted molar refractivity (Wildman–Crippen MR) is 414 cm³/mol. The summed E-state index contributed by atoms with van der Waals surface area (Å²) >= 11 is 0. The van der Waals surface area contributed by atoms with Crippen molar-refractivity contribution < 1.29 is 123 Å². The van der Waals surface area contributed by atoms with Gasteiger partial charge in [0.05, 0.1) is 25.9 Å². The fourth-order valence-electron chi connectivity index (χ4n) is 13.0. The maximum Gasteiger partial charge on any atom is 0.478 e. The van der Waals surface area contributed by atoms with Gasteiger partial charge in [-0.1, -0.05) is 0 Å². The van der Waals surface area contributed by atoms with Crippen molar-refractivity contribution in [2.45, 2.75) is 87.9 Å². The van der Waals surface area contributed by atoms with E-state index in [1.165, 1.54) is 21.8 Å². The number of phosphoric acid groups is 4. The quantitative estimate of drug-likeness (QED) is 0.0123. The van der Waals surface area contributed by atoms with Gasteiger partial charge in [0.1, 0.15) is 61.2 Å². The van der Waals surface area contributed by atoms with E-state index in [0.717, 1.165) is 79.0 Å². The highest BCUT2D eigenvalue weighted by molar-refractivity contribution is 7.60. The summed E-state index contributed by atoms with van der Waals surface area (Å²) in [5.74, 6) is -0.448. The van der Waals surface area contributed by atoms with Gasteiger partial charge in [0.15, 0.2) is 47.6 Å². The number of aliphatic hydroxyl groups is 2. The lowest BCUT2D eigenvalue weighted by Crippen LogP contribution is -2.42. The van der Waals surface area contributed by atoms with Gasteiger partial charge in [-0.05, 0) is 60.7 Å². The van der Waals surface area contributed by atoms with Crippen molar-refractivity contribution in [3.05, 3.63) is 110 Å². The minimum atomic E-state index is -5.70. The summed E-state index contributed by atoms with van der Waals surface area (Å²) in [5, 5.41) is 37.1. The van der Waals surface area contributed by atoms with Crippen molar-refractivity contribution in [2.24, 2.45) is 0 Å². The van der Waals surface area contributed by atoms with Crippen molar-refractivity contribution in [3.63, 3.8) is 0 Å². The summed E-state index contributed by atoms with van der Waals surface area (Å²) in [5.41, 5.74) is 20.6. The lowest BCUT2D eigenvalue weighted by atomic mass is 10.1. The van der Waals surface area contributed by atoms with Crippen LogP contribution in [0.2, 0.25) is 0 Å². The van der Waals surface area contributed by atoms with Gasteiger partial charge in [0, 0.05) is 177 Å². The third-order valence-corrected chi connectivity index (χ3v) is 22.8. The lowest BCUT2D eigenvalue weighted by molar-refractivity contribution is -0.645. The summed E-state index contributed by atoms with van der Waals surface area (Å²) in [6, 6.07) is 29.4. The number of benzene rings is 4. The van der Waals surface area contributed by atoms with E-state index in [1.807, 2.05) is 76.0 Å². The molecule has 8 heterocycles. The average Bonchev–Trinajstić information content (AvgIpc) is 1.07. The Hall–Kier alpha value is -10.0. The Morgan fingerprint density at radius 1 is 0.491 bits per heavy atom. The molecule has 48 heteroatoms. The van der Waals surface area contributed by atoms with E-state index in [4.69, 9.17) is 40.2 Å². The Morgan fingerprint density at radius 2 is 0.845 bits per heavy atom. The first-order valence-corrected chi connectivity index (χ1v) is 41.7. The summed E-state index contributed by atoms with van der Waals surface area (Å²) in [6.07, 6.45) is -8.19. The third-order valence-electron chi connectivity index (χ3n) is 18.6. The Bertz CT molecular complexity index is 5350. The smallest absolute Gasteiger partial charge is 0.478 e. The number of aryl methyl sites for hydroxylation is 2. The van der Waals surface area contributed by atoms with Crippen molar-refractivity contribution >= 4 is 156 Å². The predicted octanol–water partition coefficient (Wildman–Crippen LogP) is 1.36. The molecular weight excluding hydrogens is 1600 g/mol. The van der Waals surface area contributed by atoms with Crippen LogP contribution >= 0.6 is 31.3 Å². The van der Waals surface area contributed by atoms with Gasteiger partial charge in [0.25, 0.3) is 15.6 Å². The van der Waals surface area contributed by atoms with Crippen LogP contribution in [0.4, 0.5) is 44.0 Å². The van der Waals surface area contributed by atoms with E-state index in [2.05, 4.69) is 163 Å². The number of amides is 4. The van der Waals surface area contributed by atoms with Crippen LogP contribution in [0.1, 0.15) is 38.1 Å². The number of hydrogen-bond donors (Lipinski definition) is 12. The van der Waals surface area contributed by atoms with Gasteiger partial charge in [-0.2, -0.15) is 9.13 Å². The van der Waals surface area contributed by atoms with Crippen LogP contribution in [-0.4, -0.2) is 225 Å². The molecule has 0 radical (unpaired) electrons. The van der Waals surface area contributed by atoms with E-state index in [0.29, 0.717) is 25.9 Å². The molecule has 4 amide bonds. The number of nitrogens with zero attached hydrogens (tertiary/aromatic N) is 14. The number of anilines is 6. The minimum Gasteiger partial charge on any atom is -0.756 e. The Balaban J connectivity index is 0.000000228. The zero-order valence-electron chi connectivity index (χ0n) is 63.7. The second kappa shape index (κ2) is 36.6. The molecule has 10 aromatic rings. The SMILES string of the molecule is CN(C)c1ccc2cc3ccc(N(C)C)cc3[n+](CCCC(=O)NCCNC(=O)O[C@@H]3[C@H](O)[C@@H](COP(=O)(O)OP(=O)([O-])O)O[C@H]3n3cnc4c(N)ncnc43)c2c1.CN(C)c1ccc2cc3ccc(N(C)C)cc3[n+](CCCC(=O)NCCNC(=O)O[C@H]3[C@@H](O)[C@H](n4cnc5c(N)ncnc54)O[C@@H]3COP(=O)(O)OP(=O)([O-])O)c2c1. The van der Waals surface area contributed by atoms with Crippen molar-refractivity contribution in [1.82, 2.24) is 60.3 Å². The molecule has 116 heavy (non-hydrogen) atoms. The van der Waals surface area contributed by atoms with E-state index in [-0.39, 0.29) is 84.8 Å². The number of nitrogens with two attached hydrogens (primary N) is 2. The highest BCUT2D eigenvalue weighted by atomic mass is 31.3. The molecule has 14 N–H and O–H groups in total. The number of ether oxygens (including phenoxy) is 4. The highest BCUT2D eigenvalue weighted by Crippen LogP contribution is 2.57. The summed E-state index contributed by atoms with van der Waals surface area (Å²) in [6.45, 7) is -0.866. The maximum atomic E-state index is 13.0. The maximum absolute atomic E-state index is 13.0. The van der Waals surface area contributed by atoms with Gasteiger partial charge in [-0.3, -0.25) is 36.9 Å². The Labute approximate surface area is 660 Å². The molecule has 4 unspecified atom stereocenters. The van der Waals surface area contributed by atoms with Crippen LogP contribution in [-0.2, 0) is 77.6 Å². The van der Waals surface area contributed by atoms with Crippen LogP contribution in [0.15, 0.2) is 110 Å². The molecule has 2 aliphatic heterocycles. The van der Waals surface area contributed by atoms with Crippen LogP contribution in [0.25, 0.3) is 65.9 Å². The number of pyridine rings is 2. The number of aliphatic hydroxyl groups excluding tert-OH is 2. The van der Waals surface area contributed by atoms with Crippen LogP contribution in [0.3, 0.4) is 0 Å². The first-order valence-electron chi connectivity index (χ1n) is 35.7. The molecule has 624 valence electrons. The molecule has 2 aliphatic rings. The standard InChI is InChI=1S/2C34H44N10O12P2/c1-41(2)22-9-7-20-14-21-8-10-23(42(3)4)16-25(21)43(24(20)15-22)13-5-6-27(45)36-11-12-37-34(47)55-30-26(17-53-58(51,52)56-57(48,49)50)54-33(29(30)46)44-19-40-28-31(35)38-18-39-32(28)44;1-41(2)22-9-7-20-14-21-8-10-23(42(3)4)16-25(21)43(24(20)15-22)13-5-6-27(45)36-11-12-37-34(47)55-30-29(46)26(17-53-58(51,52)56-57(48,49)50)54-33(30)44-19-40-28-31(35)38-18-39-32(28)44/h2*7-10,14-16,18-19,26,29-30,33,46H,5-6,11-13,17H2,1-4H3,(H6-,35,36,37,38,39,45,47,48,49,50,51,52)/t2*26-,29-,30-,33-/m11/s1. The number of imidazole rings is 2. The monoisotopic (exact) mass is 1690 g/mol. The van der Waals surface area contributed by atoms with Gasteiger partial charge < -0.3 is 111 Å². The Kier molecular flexibility index (Phi) is 27.4. The first kappa shape index (κ1) is 86.8. The molecule has 6 aromatic heterocycles. The number of hydrogen-bond acceptors (Lipinski definition) is 32. The van der Waals surface area contributed by atoms with Crippen molar-refractivity contribution in [2.75, 3.05) is 127 Å². The summed E-state index contributed by atoms with van der Waals surface area (Å²) < 4.78 is 92.2. The first-order chi connectivity index (χ1) is 54.8. The molecule has 0 saturated carbocycles. The number of alkyl carbamates (subject to hydrolysis) is 2. The topological polar surface area (TPSA) is 586 Å². The van der Waals surface area contributed by atoms with Gasteiger partial charge >= 0.3 is 27.8 Å². The van der Waals surface area contributed by atoms with Crippen LogP contribution in [0, 0.1) is 0 Å². The number of fused-ring (bicyclic) bond motifs is 6. The molecule has 44 nitrogen and oxygen atoms in total. The summed E-state index contributed by atoms with van der Waals surface area (Å²) in [7, 11) is -6.31. The zero-order chi connectivity index (χ0) is 83.9. The average molecular weight is 1690 g/mol. The molecule has 12 atom stereocenters. The fraction of sp³-hybridized carbons (Fsp3) is 0.412. The third kappa shape index (κ3) is 21.6. The number of nitrogens with one attached hydrogen (secondary N) is 4. The number of nitrogen functional groups attached to an aromatic ring is 2. The van der Waals surface area contributed by atoms with E-state index in [9.17, 15) is 67.2 Å². The van der Waals surface area contributed by atoms with E-state index in [1.54, 1.807) is 0 Å². The second-order valence-corrected chi connectivity index (χ2v) is 33.1. The molecular formula is C68H88N20O24P4. The van der Waals surface area contributed by atoms with Crippen LogP contribution < -0.4 is 71.3 Å². The fourth-order valence-corrected chi connectivity index (χ4v) is 16.1. The second-order valence-electron chi connectivity index (χ2n) is 27.5. The van der Waals surface area contributed by atoms with Crippen LogP contribution in [0.5, 0.6) is 0 Å². The number of phosphoric ester groups is 2. The van der Waals surface area contributed by atoms with Gasteiger partial charge in [-0.15, -0.1) is 0 Å². The number of carbonyl (C=O) groups excluding carboxylic acids is 4. The van der Waals surface area contributed by atoms with E-state index >= 15 is 0 Å². The minimum absolute atomic E-state index is 0.0156. The number of rotatable bonds is 32.